The predicted molar refractivity (Wildman–Crippen MR) is 133 cm³/mol. The Balaban J connectivity index is 1.61. The fraction of sp³-hybridized carbons (Fsp3) is 0.0968. The number of hydrogen-bond donors (Lipinski definition) is 0. The van der Waals surface area contributed by atoms with E-state index in [2.05, 4.69) is 0 Å². The van der Waals surface area contributed by atoms with E-state index in [4.69, 9.17) is 4.74 Å². The molecule has 1 atom stereocenters. The van der Waals surface area contributed by atoms with Gasteiger partial charge in [0.05, 0.1) is 6.42 Å². The second-order valence-electron chi connectivity index (χ2n) is 8.47. The van der Waals surface area contributed by atoms with Crippen LogP contribution in [0.15, 0.2) is 127 Å². The number of rotatable bonds is 7. The van der Waals surface area contributed by atoms with Crippen LogP contribution in [0.5, 0.6) is 0 Å². The molecule has 1 aliphatic heterocycles. The molecule has 0 fully saturated rings. The van der Waals surface area contributed by atoms with E-state index in [9.17, 15) is 9.59 Å². The molecule has 3 heteroatoms. The van der Waals surface area contributed by atoms with E-state index in [0.717, 1.165) is 11.1 Å². The van der Waals surface area contributed by atoms with E-state index in [-0.39, 0.29) is 18.0 Å². The molecule has 0 aliphatic carbocycles. The Hall–Kier alpha value is -4.24. The van der Waals surface area contributed by atoms with Crippen LogP contribution in [0.1, 0.15) is 44.7 Å². The van der Waals surface area contributed by atoms with Crippen molar-refractivity contribution in [2.45, 2.75) is 18.4 Å². The first-order chi connectivity index (χ1) is 16.7. The van der Waals surface area contributed by atoms with Gasteiger partial charge in [0, 0.05) is 28.7 Å². The van der Waals surface area contributed by atoms with E-state index in [0.29, 0.717) is 28.9 Å². The van der Waals surface area contributed by atoms with E-state index in [1.807, 2.05) is 121 Å². The number of ether oxygens (including phenoxy) is 1. The lowest BCUT2D eigenvalue weighted by Gasteiger charge is -2.30. The third kappa shape index (κ3) is 4.20. The van der Waals surface area contributed by atoms with Gasteiger partial charge in [-0.05, 0) is 5.56 Å². The van der Waals surface area contributed by atoms with Gasteiger partial charge in [0.1, 0.15) is 11.4 Å². The normalized spacial score (nSPS) is 17.3. The van der Waals surface area contributed by atoms with Crippen molar-refractivity contribution in [3.05, 3.63) is 149 Å². The van der Waals surface area contributed by atoms with E-state index >= 15 is 0 Å². The second-order valence-corrected chi connectivity index (χ2v) is 8.47. The summed E-state index contributed by atoms with van der Waals surface area (Å²) in [5.41, 5.74) is 2.55. The zero-order valence-corrected chi connectivity index (χ0v) is 18.7. The van der Waals surface area contributed by atoms with Crippen LogP contribution in [0, 0.1) is 0 Å². The molecule has 166 valence electrons. The van der Waals surface area contributed by atoms with E-state index in [1.54, 1.807) is 0 Å². The van der Waals surface area contributed by atoms with Crippen LogP contribution in [0.25, 0.3) is 5.76 Å². The molecule has 1 unspecified atom stereocenters. The third-order valence-electron chi connectivity index (χ3n) is 6.22. The molecule has 5 rings (SSSR count). The van der Waals surface area contributed by atoms with E-state index in [1.165, 1.54) is 0 Å². The lowest BCUT2D eigenvalue weighted by atomic mass is 9.81. The summed E-state index contributed by atoms with van der Waals surface area (Å²) in [5.74, 6) is 0.439. The highest BCUT2D eigenvalue weighted by molar-refractivity contribution is 6.13. The molecule has 0 saturated carbocycles. The summed E-state index contributed by atoms with van der Waals surface area (Å²) in [7, 11) is 0. The fourth-order valence-corrected chi connectivity index (χ4v) is 4.52. The van der Waals surface area contributed by atoms with Crippen molar-refractivity contribution in [1.82, 2.24) is 0 Å². The molecule has 34 heavy (non-hydrogen) atoms. The van der Waals surface area contributed by atoms with Crippen molar-refractivity contribution < 1.29 is 14.3 Å². The molecular formula is C31H24O3. The minimum absolute atomic E-state index is 0.0229. The molecule has 4 aromatic carbocycles. The highest BCUT2D eigenvalue weighted by Crippen LogP contribution is 2.49. The molecule has 0 N–H and O–H groups in total. The Morgan fingerprint density at radius 2 is 1.15 bits per heavy atom. The first-order valence-electron chi connectivity index (χ1n) is 11.4. The van der Waals surface area contributed by atoms with Gasteiger partial charge in [-0.15, -0.1) is 0 Å². The van der Waals surface area contributed by atoms with E-state index < -0.39 is 5.60 Å². The van der Waals surface area contributed by atoms with Crippen molar-refractivity contribution in [1.29, 1.82) is 0 Å². The van der Waals surface area contributed by atoms with Gasteiger partial charge in [-0.1, -0.05) is 121 Å². The molecule has 1 heterocycles. The number of hydrogen-bond acceptors (Lipinski definition) is 3. The zero-order chi connectivity index (χ0) is 23.4. The summed E-state index contributed by atoms with van der Waals surface area (Å²) in [6.45, 7) is 0. The summed E-state index contributed by atoms with van der Waals surface area (Å²) < 4.78 is 6.71. The zero-order valence-electron chi connectivity index (χ0n) is 18.7. The van der Waals surface area contributed by atoms with Crippen LogP contribution in [-0.2, 0) is 10.3 Å². The van der Waals surface area contributed by atoms with Crippen LogP contribution < -0.4 is 0 Å². The number of benzene rings is 4. The third-order valence-corrected chi connectivity index (χ3v) is 6.22. The van der Waals surface area contributed by atoms with Gasteiger partial charge >= 0.3 is 0 Å². The summed E-state index contributed by atoms with van der Waals surface area (Å²) in [6.07, 6.45) is 0.441. The van der Waals surface area contributed by atoms with Gasteiger partial charge in [-0.3, -0.25) is 9.59 Å². The molecule has 1 aliphatic rings. The van der Waals surface area contributed by atoms with Crippen molar-refractivity contribution in [2.24, 2.45) is 0 Å². The lowest BCUT2D eigenvalue weighted by molar-refractivity contribution is 0.0424. The number of carbonyl (C=O) groups is 2. The maximum atomic E-state index is 13.7. The second kappa shape index (κ2) is 9.32. The van der Waals surface area contributed by atoms with Gasteiger partial charge in [-0.2, -0.15) is 0 Å². The number of ketones is 2. The quantitative estimate of drug-likeness (QED) is 0.292. The van der Waals surface area contributed by atoms with Gasteiger partial charge in [0.2, 0.25) is 0 Å². The molecule has 0 spiro atoms. The maximum absolute atomic E-state index is 13.7. The Morgan fingerprint density at radius 3 is 1.74 bits per heavy atom. The SMILES string of the molecule is O=C(CC1(c2ccccc2)CC(C(=O)c2ccccc2)=C(c2ccccc2)O1)c1ccccc1. The smallest absolute Gasteiger partial charge is 0.192 e. The van der Waals surface area contributed by atoms with Crippen LogP contribution in [0.2, 0.25) is 0 Å². The minimum atomic E-state index is -0.973. The summed E-state index contributed by atoms with van der Waals surface area (Å²) in [6, 6.07) is 37.9. The standard InChI is InChI=1S/C31H24O3/c32-28(23-13-5-1-6-14-23)22-31(26-19-11-4-12-20-26)21-27(29(33)24-15-7-2-8-16-24)30(34-31)25-17-9-3-10-18-25/h1-20H,21-22H2. The molecular weight excluding hydrogens is 420 g/mol. The Bertz CT molecular complexity index is 1330. The first kappa shape index (κ1) is 21.6. The number of Topliss-reactive ketones (excluding diaryl/α,β-unsaturated/α-hetero) is 2. The summed E-state index contributed by atoms with van der Waals surface area (Å²) >= 11 is 0. The topological polar surface area (TPSA) is 43.4 Å². The van der Waals surface area contributed by atoms with Gasteiger partial charge in [0.25, 0.3) is 0 Å². The average Bonchev–Trinajstić information content (AvgIpc) is 3.31. The van der Waals surface area contributed by atoms with Gasteiger partial charge in [-0.25, -0.2) is 0 Å². The Morgan fingerprint density at radius 1 is 0.647 bits per heavy atom. The molecule has 0 saturated heterocycles. The summed E-state index contributed by atoms with van der Waals surface area (Å²) in [4.78, 5) is 27.1. The van der Waals surface area contributed by atoms with Crippen LogP contribution >= 0.6 is 0 Å². The Labute approximate surface area is 199 Å². The van der Waals surface area contributed by atoms with Crippen LogP contribution in [-0.4, -0.2) is 11.6 Å². The highest BCUT2D eigenvalue weighted by atomic mass is 16.5. The molecule has 3 nitrogen and oxygen atoms in total. The van der Waals surface area contributed by atoms with Gasteiger partial charge < -0.3 is 4.74 Å². The van der Waals surface area contributed by atoms with Crippen molar-refractivity contribution in [3.8, 4) is 0 Å². The maximum Gasteiger partial charge on any atom is 0.192 e. The highest BCUT2D eigenvalue weighted by Gasteiger charge is 2.46. The van der Waals surface area contributed by atoms with Gasteiger partial charge in [0.15, 0.2) is 11.6 Å². The average molecular weight is 445 g/mol. The Kier molecular flexibility index (Phi) is 5.92. The minimum Gasteiger partial charge on any atom is -0.481 e. The molecule has 0 radical (unpaired) electrons. The largest absolute Gasteiger partial charge is 0.481 e. The fourth-order valence-electron chi connectivity index (χ4n) is 4.52. The van der Waals surface area contributed by atoms with Crippen molar-refractivity contribution >= 4 is 17.3 Å². The van der Waals surface area contributed by atoms with Crippen LogP contribution in [0.3, 0.4) is 0 Å². The summed E-state index contributed by atoms with van der Waals surface area (Å²) in [5, 5.41) is 0. The number of carbonyl (C=O) groups excluding carboxylic acids is 2. The lowest BCUT2D eigenvalue weighted by Crippen LogP contribution is -2.29. The monoisotopic (exact) mass is 444 g/mol. The molecule has 0 bridgehead atoms. The first-order valence-corrected chi connectivity index (χ1v) is 11.4. The molecule has 0 aromatic heterocycles. The molecule has 4 aromatic rings. The van der Waals surface area contributed by atoms with Crippen molar-refractivity contribution in [2.75, 3.05) is 0 Å². The van der Waals surface area contributed by atoms with Crippen molar-refractivity contribution in [3.63, 3.8) is 0 Å². The van der Waals surface area contributed by atoms with Crippen LogP contribution in [0.4, 0.5) is 0 Å². The molecule has 0 amide bonds. The predicted octanol–water partition coefficient (Wildman–Crippen LogP) is 6.87.